The minimum Gasteiger partial charge on any atom is -0.292 e. The molecule has 1 aromatic carbocycles. The van der Waals surface area contributed by atoms with Gasteiger partial charge in [-0.25, -0.2) is 0 Å². The van der Waals surface area contributed by atoms with Crippen LogP contribution in [0.25, 0.3) is 0 Å². The Balaban J connectivity index is 2.53. The van der Waals surface area contributed by atoms with Crippen LogP contribution in [0.2, 0.25) is 0 Å². The van der Waals surface area contributed by atoms with Crippen molar-refractivity contribution in [2.45, 2.75) is 11.8 Å². The molecule has 0 N–H and O–H groups in total. The number of ketones is 1. The third kappa shape index (κ3) is 1.23. The third-order valence-corrected chi connectivity index (χ3v) is 3.78. The zero-order valence-corrected chi connectivity index (χ0v) is 8.60. The number of Topliss-reactive ketones (excluding diaryl/α,β-unsaturated/α-hetero) is 1. The maximum atomic E-state index is 11.9. The number of rotatable bonds is 0. The molecule has 3 heteroatoms. The predicted octanol–water partition coefficient (Wildman–Crippen LogP) is 2.50. The summed E-state index contributed by atoms with van der Waals surface area (Å²) in [5.74, 6) is 0.508. The molecule has 0 radical (unpaired) electrons. The molecule has 0 aliphatic carbocycles. The molecule has 0 saturated carbocycles. The summed E-state index contributed by atoms with van der Waals surface area (Å²) < 4.78 is 0. The molecule has 0 amide bonds. The Bertz CT molecular complexity index is 435. The van der Waals surface area contributed by atoms with Crippen LogP contribution in [-0.2, 0) is 0 Å². The Morgan fingerprint density at radius 3 is 2.93 bits per heavy atom. The fraction of sp³-hybridized carbons (Fsp3) is 0.273. The molecule has 2 rings (SSSR count). The van der Waals surface area contributed by atoms with E-state index in [0.29, 0.717) is 11.3 Å². The van der Waals surface area contributed by atoms with Gasteiger partial charge in [0.05, 0.1) is 6.07 Å². The van der Waals surface area contributed by atoms with Crippen LogP contribution in [0.5, 0.6) is 0 Å². The van der Waals surface area contributed by atoms with Crippen LogP contribution in [0.1, 0.15) is 17.3 Å². The lowest BCUT2D eigenvalue weighted by Gasteiger charge is -2.26. The predicted molar refractivity (Wildman–Crippen MR) is 55.2 cm³/mol. The first-order valence-corrected chi connectivity index (χ1v) is 5.34. The largest absolute Gasteiger partial charge is 0.292 e. The van der Waals surface area contributed by atoms with Gasteiger partial charge in [-0.15, -0.1) is 11.8 Å². The van der Waals surface area contributed by atoms with Crippen molar-refractivity contribution >= 4 is 17.5 Å². The molecule has 0 bridgehead atoms. The monoisotopic (exact) mass is 203 g/mol. The molecule has 0 aromatic heterocycles. The summed E-state index contributed by atoms with van der Waals surface area (Å²) in [7, 11) is 0. The quantitative estimate of drug-likeness (QED) is 0.650. The lowest BCUT2D eigenvalue weighted by atomic mass is 9.85. The Morgan fingerprint density at radius 1 is 1.50 bits per heavy atom. The zero-order valence-electron chi connectivity index (χ0n) is 7.78. The molecule has 1 heterocycles. The number of carbonyl (C=O) groups is 1. The van der Waals surface area contributed by atoms with E-state index in [9.17, 15) is 4.79 Å². The molecule has 1 atom stereocenters. The molecule has 0 spiro atoms. The Labute approximate surface area is 86.9 Å². The van der Waals surface area contributed by atoms with Crippen molar-refractivity contribution in [2.75, 3.05) is 5.75 Å². The number of benzene rings is 1. The van der Waals surface area contributed by atoms with E-state index in [-0.39, 0.29) is 5.78 Å². The molecular weight excluding hydrogens is 194 g/mol. The highest BCUT2D eigenvalue weighted by Gasteiger charge is 2.38. The minimum absolute atomic E-state index is 0.0469. The van der Waals surface area contributed by atoms with Crippen molar-refractivity contribution in [2.24, 2.45) is 5.41 Å². The van der Waals surface area contributed by atoms with Crippen molar-refractivity contribution in [3.05, 3.63) is 29.8 Å². The average Bonchev–Trinajstić information content (AvgIpc) is 2.24. The summed E-state index contributed by atoms with van der Waals surface area (Å²) in [5.41, 5.74) is -0.160. The summed E-state index contributed by atoms with van der Waals surface area (Å²) in [6.07, 6.45) is 0. The summed E-state index contributed by atoms with van der Waals surface area (Å²) in [6, 6.07) is 9.56. The molecule has 14 heavy (non-hydrogen) atoms. The molecule has 0 fully saturated rings. The highest BCUT2D eigenvalue weighted by molar-refractivity contribution is 7.99. The van der Waals surface area contributed by atoms with E-state index in [1.807, 2.05) is 18.2 Å². The van der Waals surface area contributed by atoms with Crippen molar-refractivity contribution in [1.29, 1.82) is 5.26 Å². The van der Waals surface area contributed by atoms with Gasteiger partial charge in [0.2, 0.25) is 0 Å². The second kappa shape index (κ2) is 3.14. The zero-order chi connectivity index (χ0) is 10.2. The van der Waals surface area contributed by atoms with Gasteiger partial charge in [-0.1, -0.05) is 18.2 Å². The van der Waals surface area contributed by atoms with Crippen molar-refractivity contribution < 1.29 is 4.79 Å². The Kier molecular flexibility index (Phi) is 2.09. The molecule has 1 aromatic rings. The van der Waals surface area contributed by atoms with E-state index >= 15 is 0 Å². The highest BCUT2D eigenvalue weighted by atomic mass is 32.2. The maximum Gasteiger partial charge on any atom is 0.184 e. The second-order valence-electron chi connectivity index (χ2n) is 3.56. The molecule has 1 aliphatic heterocycles. The van der Waals surface area contributed by atoms with Gasteiger partial charge in [-0.05, 0) is 13.0 Å². The molecule has 70 valence electrons. The molecule has 1 aliphatic rings. The molecule has 0 saturated heterocycles. The number of fused-ring (bicyclic) bond motifs is 1. The van der Waals surface area contributed by atoms with E-state index in [2.05, 4.69) is 6.07 Å². The van der Waals surface area contributed by atoms with Crippen molar-refractivity contribution in [3.8, 4) is 6.07 Å². The van der Waals surface area contributed by atoms with Gasteiger partial charge in [0.1, 0.15) is 5.41 Å². The van der Waals surface area contributed by atoms with E-state index in [0.717, 1.165) is 4.90 Å². The van der Waals surface area contributed by atoms with Crippen LogP contribution in [0, 0.1) is 16.7 Å². The summed E-state index contributed by atoms with van der Waals surface area (Å²) in [6.45, 7) is 1.71. The van der Waals surface area contributed by atoms with Gasteiger partial charge in [0, 0.05) is 16.2 Å². The van der Waals surface area contributed by atoms with Gasteiger partial charge in [-0.2, -0.15) is 5.26 Å². The standard InChI is InChI=1S/C11H9NOS/c1-11(6-12)7-14-9-5-3-2-4-8(9)10(11)13/h2-5H,7H2,1H3. The maximum absolute atomic E-state index is 11.9. The topological polar surface area (TPSA) is 40.9 Å². The van der Waals surface area contributed by atoms with Gasteiger partial charge < -0.3 is 0 Å². The van der Waals surface area contributed by atoms with E-state index in [1.54, 1.807) is 24.8 Å². The number of carbonyl (C=O) groups excluding carboxylic acids is 1. The van der Waals surface area contributed by atoms with Crippen LogP contribution in [0.3, 0.4) is 0 Å². The summed E-state index contributed by atoms with van der Waals surface area (Å²) in [4.78, 5) is 12.9. The number of hydrogen-bond donors (Lipinski definition) is 0. The Morgan fingerprint density at radius 2 is 2.21 bits per heavy atom. The SMILES string of the molecule is CC1(C#N)CSc2ccccc2C1=O. The van der Waals surface area contributed by atoms with Gasteiger partial charge in [0.15, 0.2) is 5.78 Å². The van der Waals surface area contributed by atoms with E-state index < -0.39 is 5.41 Å². The van der Waals surface area contributed by atoms with Crippen LogP contribution in [0.15, 0.2) is 29.2 Å². The highest BCUT2D eigenvalue weighted by Crippen LogP contribution is 2.38. The summed E-state index contributed by atoms with van der Waals surface area (Å²) in [5, 5.41) is 8.96. The smallest absolute Gasteiger partial charge is 0.184 e. The number of nitrogens with zero attached hydrogens (tertiary/aromatic N) is 1. The molecule has 1 unspecified atom stereocenters. The average molecular weight is 203 g/mol. The first kappa shape index (κ1) is 9.29. The van der Waals surface area contributed by atoms with Crippen LogP contribution in [-0.4, -0.2) is 11.5 Å². The minimum atomic E-state index is -0.848. The number of thioether (sulfide) groups is 1. The Hall–Kier alpha value is -1.27. The van der Waals surface area contributed by atoms with Gasteiger partial charge in [0.25, 0.3) is 0 Å². The van der Waals surface area contributed by atoms with Gasteiger partial charge in [-0.3, -0.25) is 4.79 Å². The van der Waals surface area contributed by atoms with Crippen molar-refractivity contribution in [1.82, 2.24) is 0 Å². The van der Waals surface area contributed by atoms with Crippen LogP contribution in [0.4, 0.5) is 0 Å². The molecular formula is C11H9NOS. The number of hydrogen-bond acceptors (Lipinski definition) is 3. The number of nitriles is 1. The van der Waals surface area contributed by atoms with Crippen LogP contribution < -0.4 is 0 Å². The molecule has 2 nitrogen and oxygen atoms in total. The third-order valence-electron chi connectivity index (χ3n) is 2.40. The second-order valence-corrected chi connectivity index (χ2v) is 4.58. The fourth-order valence-electron chi connectivity index (χ4n) is 1.45. The van der Waals surface area contributed by atoms with Crippen LogP contribution >= 0.6 is 11.8 Å². The summed E-state index contributed by atoms with van der Waals surface area (Å²) >= 11 is 1.58. The first-order chi connectivity index (χ1) is 6.67. The normalized spacial score (nSPS) is 25.3. The lowest BCUT2D eigenvalue weighted by Crippen LogP contribution is -2.32. The fourth-order valence-corrected chi connectivity index (χ4v) is 2.58. The lowest BCUT2D eigenvalue weighted by molar-refractivity contribution is 0.0889. The van der Waals surface area contributed by atoms with E-state index in [4.69, 9.17) is 5.26 Å². The first-order valence-electron chi connectivity index (χ1n) is 4.35. The van der Waals surface area contributed by atoms with E-state index in [1.165, 1.54) is 0 Å². The van der Waals surface area contributed by atoms with Crippen molar-refractivity contribution in [3.63, 3.8) is 0 Å². The van der Waals surface area contributed by atoms with Gasteiger partial charge >= 0.3 is 0 Å².